The van der Waals surface area contributed by atoms with E-state index < -0.39 is 0 Å². The predicted octanol–water partition coefficient (Wildman–Crippen LogP) is 3.28. The van der Waals surface area contributed by atoms with E-state index in [0.29, 0.717) is 0 Å². The van der Waals surface area contributed by atoms with E-state index >= 15 is 0 Å². The fourth-order valence-corrected chi connectivity index (χ4v) is 0.877. The first-order valence-corrected chi connectivity index (χ1v) is 10.6. The third kappa shape index (κ3) is 5.58. The van der Waals surface area contributed by atoms with E-state index in [-0.39, 0.29) is 0 Å². The molecule has 1 aromatic carbocycles. The van der Waals surface area contributed by atoms with Crippen molar-refractivity contribution in [2.45, 2.75) is 19.8 Å². The molecule has 1 aromatic rings. The quantitative estimate of drug-likeness (QED) is 0.568. The van der Waals surface area contributed by atoms with Crippen LogP contribution in [0.3, 0.4) is 0 Å². The van der Waals surface area contributed by atoms with Gasteiger partial charge in [0, 0.05) is 0 Å². The molecule has 0 amide bonds. The molecule has 1 rings (SSSR count). The Bertz CT molecular complexity index is 162. The van der Waals surface area contributed by atoms with Crippen molar-refractivity contribution in [1.82, 2.24) is 0 Å². The third-order valence-electron chi connectivity index (χ3n) is 1.33. The minimum absolute atomic E-state index is 1.19. The van der Waals surface area contributed by atoms with Crippen molar-refractivity contribution in [3.63, 3.8) is 0 Å². The van der Waals surface area contributed by atoms with Crippen LogP contribution in [0.1, 0.15) is 18.9 Å². The fraction of sp³-hybridized carbons (Fsp3) is 0.333. The maximum absolute atomic E-state index is 3.06. The molecule has 0 nitrogen and oxygen atoms in total. The molecule has 0 spiro atoms. The summed E-state index contributed by atoms with van der Waals surface area (Å²) in [5.41, 5.74) is 1.41. The van der Waals surface area contributed by atoms with Gasteiger partial charge in [-0.3, -0.25) is 0 Å². The van der Waals surface area contributed by atoms with Crippen molar-refractivity contribution < 1.29 is 16.3 Å². The van der Waals surface area contributed by atoms with Gasteiger partial charge in [-0.15, -0.1) is 0 Å². The topological polar surface area (TPSA) is 0 Å². The summed E-state index contributed by atoms with van der Waals surface area (Å²) < 4.78 is 0. The van der Waals surface area contributed by atoms with E-state index in [1.807, 2.05) is 12.1 Å². The molecule has 0 N–H and O–H groups in total. The molecule has 0 aromatic heterocycles. The number of hydrogen-bond donors (Lipinski definition) is 0. The Balaban J connectivity index is 0.000000461. The van der Waals surface area contributed by atoms with Gasteiger partial charge in [0.2, 0.25) is 0 Å². The van der Waals surface area contributed by atoms with Crippen molar-refractivity contribution in [2.75, 3.05) is 0 Å². The van der Waals surface area contributed by atoms with Gasteiger partial charge in [0.15, 0.2) is 0 Å². The molecule has 0 aliphatic carbocycles. The number of halogens is 1. The summed E-state index contributed by atoms with van der Waals surface area (Å²) in [6.45, 7) is 2.19. The van der Waals surface area contributed by atoms with Crippen LogP contribution < -0.4 is 0 Å². The van der Waals surface area contributed by atoms with E-state index in [4.69, 9.17) is 0 Å². The van der Waals surface area contributed by atoms with Crippen molar-refractivity contribution in [1.29, 1.82) is 0 Å². The van der Waals surface area contributed by atoms with Gasteiger partial charge < -0.3 is 0 Å². The van der Waals surface area contributed by atoms with Crippen molar-refractivity contribution in [3.05, 3.63) is 35.9 Å². The Morgan fingerprint density at radius 1 is 1.36 bits per heavy atom. The van der Waals surface area contributed by atoms with Crippen molar-refractivity contribution >= 4 is 13.6 Å². The van der Waals surface area contributed by atoms with Crippen LogP contribution in [-0.4, -0.2) is 0 Å². The van der Waals surface area contributed by atoms with Gasteiger partial charge in [-0.05, 0) is 0 Å². The van der Waals surface area contributed by atoms with Gasteiger partial charge in [-0.2, -0.15) is 35.9 Å². The molecule has 0 saturated heterocycles. The second kappa shape index (κ2) is 8.42. The average molecular weight is 264 g/mol. The normalized spacial score (nSPS) is 8.36. The van der Waals surface area contributed by atoms with E-state index in [1.165, 1.54) is 34.7 Å². The molecule has 0 saturated carbocycles. The summed E-state index contributed by atoms with van der Waals surface area (Å²) in [6.07, 6.45) is 2.42. The zero-order valence-electron chi connectivity index (χ0n) is 6.81. The molecule has 56 valence electrons. The number of aryl methyl sites for hydroxylation is 1. The molecule has 0 radical (unpaired) electrons. The molecule has 0 heterocycles. The first kappa shape index (κ1) is 11.3. The summed E-state index contributed by atoms with van der Waals surface area (Å²) in [5, 5.41) is 0. The Labute approximate surface area is 85.4 Å². The summed E-state index contributed by atoms with van der Waals surface area (Å²) >= 11 is 4.25. The Kier molecular flexibility index (Phi) is 8.67. The van der Waals surface area contributed by atoms with Crippen LogP contribution in [-0.2, 0) is 22.8 Å². The van der Waals surface area contributed by atoms with Crippen LogP contribution in [0.5, 0.6) is 0 Å². The van der Waals surface area contributed by atoms with Crippen LogP contribution in [0.15, 0.2) is 24.3 Å². The SMILES string of the molecule is CCCc1cc[c-]cc1.[Zn+][Br]. The molecule has 11 heavy (non-hydrogen) atoms. The second-order valence-corrected chi connectivity index (χ2v) is 2.16. The van der Waals surface area contributed by atoms with Gasteiger partial charge in [0.25, 0.3) is 0 Å². The van der Waals surface area contributed by atoms with E-state index in [9.17, 15) is 0 Å². The van der Waals surface area contributed by atoms with E-state index in [1.54, 1.807) is 0 Å². The molecule has 0 aliphatic rings. The molecule has 0 fully saturated rings. The number of rotatable bonds is 2. The molecular formula is C9H11BrZn. The number of hydrogen-bond acceptors (Lipinski definition) is 0. The molecule has 0 atom stereocenters. The summed E-state index contributed by atoms with van der Waals surface area (Å²) in [7, 11) is 0. The van der Waals surface area contributed by atoms with Crippen LogP contribution in [0.4, 0.5) is 0 Å². The van der Waals surface area contributed by atoms with Gasteiger partial charge in [-0.25, -0.2) is 0 Å². The summed E-state index contributed by atoms with van der Waals surface area (Å²) in [5.74, 6) is 0. The monoisotopic (exact) mass is 262 g/mol. The van der Waals surface area contributed by atoms with Crippen LogP contribution >= 0.6 is 13.6 Å². The number of benzene rings is 1. The standard InChI is InChI=1S/C9H11.BrH.Zn/c1-2-6-9-7-4-3-5-8-9;;/h4-5,7-8H,2,6H2,1H3;1H;/q-1;;+2/p-1. The van der Waals surface area contributed by atoms with Crippen LogP contribution in [0.25, 0.3) is 0 Å². The van der Waals surface area contributed by atoms with Crippen LogP contribution in [0, 0.1) is 6.07 Å². The maximum atomic E-state index is 3.06. The molecule has 0 bridgehead atoms. The zero-order valence-corrected chi connectivity index (χ0v) is 11.4. The van der Waals surface area contributed by atoms with Crippen molar-refractivity contribution in [3.8, 4) is 0 Å². The minimum atomic E-state index is 1.19. The van der Waals surface area contributed by atoms with Crippen molar-refractivity contribution in [2.24, 2.45) is 0 Å². The Hall–Kier alpha value is 0.323. The van der Waals surface area contributed by atoms with Crippen LogP contribution in [0.2, 0.25) is 0 Å². The first-order chi connectivity index (χ1) is 5.43. The van der Waals surface area contributed by atoms with Gasteiger partial charge >= 0.3 is 30.0 Å². The van der Waals surface area contributed by atoms with Gasteiger partial charge in [0.1, 0.15) is 0 Å². The zero-order chi connectivity index (χ0) is 8.53. The molecule has 2 heteroatoms. The summed E-state index contributed by atoms with van der Waals surface area (Å²) in [6, 6.07) is 11.1. The third-order valence-corrected chi connectivity index (χ3v) is 1.33. The van der Waals surface area contributed by atoms with E-state index in [2.05, 4.69) is 38.7 Å². The molecule has 0 aliphatic heterocycles. The van der Waals surface area contributed by atoms with E-state index in [0.717, 1.165) is 0 Å². The molecular weight excluding hydrogens is 253 g/mol. The molecule has 0 unspecified atom stereocenters. The second-order valence-electron chi connectivity index (χ2n) is 2.16. The Morgan fingerprint density at radius 2 is 1.91 bits per heavy atom. The fourth-order valence-electron chi connectivity index (χ4n) is 0.877. The summed E-state index contributed by atoms with van der Waals surface area (Å²) in [4.78, 5) is 0. The Morgan fingerprint density at radius 3 is 2.36 bits per heavy atom. The first-order valence-electron chi connectivity index (χ1n) is 3.65. The predicted molar refractivity (Wildman–Crippen MR) is 48.2 cm³/mol. The van der Waals surface area contributed by atoms with Gasteiger partial charge in [0.05, 0.1) is 0 Å². The average Bonchev–Trinajstić information content (AvgIpc) is 2.11. The van der Waals surface area contributed by atoms with Gasteiger partial charge in [-0.1, -0.05) is 19.8 Å².